The zero-order chi connectivity index (χ0) is 14.8. The summed E-state index contributed by atoms with van der Waals surface area (Å²) in [6.07, 6.45) is 0. The van der Waals surface area contributed by atoms with Gasteiger partial charge in [0.2, 0.25) is 0 Å². The highest BCUT2D eigenvalue weighted by Crippen LogP contribution is 2.31. The number of carbonyl (C=O) groups is 1. The number of fused-ring (bicyclic) bond motifs is 1. The van der Waals surface area contributed by atoms with E-state index in [0.717, 1.165) is 43.2 Å². The molecule has 2 N–H and O–H groups in total. The second-order valence-corrected chi connectivity index (χ2v) is 6.53. The van der Waals surface area contributed by atoms with E-state index in [1.54, 1.807) is 11.3 Å². The topological polar surface area (TPSA) is 49.6 Å². The van der Waals surface area contributed by atoms with Crippen molar-refractivity contribution >= 4 is 27.3 Å². The highest BCUT2D eigenvalue weighted by Gasteiger charge is 2.24. The van der Waals surface area contributed by atoms with Gasteiger partial charge in [0.05, 0.1) is 4.88 Å². The minimum atomic E-state index is 0.182. The Morgan fingerprint density at radius 1 is 1.24 bits per heavy atom. The Balaban J connectivity index is 1.77. The number of hydrogen-bond acceptors (Lipinski definition) is 4. The summed E-state index contributed by atoms with van der Waals surface area (Å²) < 4.78 is 1.19. The van der Waals surface area contributed by atoms with Crippen molar-refractivity contribution < 1.29 is 4.79 Å². The molecule has 0 unspecified atom stereocenters. The first-order valence-electron chi connectivity index (χ1n) is 7.40. The number of piperazine rings is 1. The van der Waals surface area contributed by atoms with Crippen LogP contribution in [-0.4, -0.2) is 55.0 Å². The van der Waals surface area contributed by atoms with Gasteiger partial charge in [-0.25, -0.2) is 0 Å². The van der Waals surface area contributed by atoms with Crippen LogP contribution in [0.4, 0.5) is 0 Å². The minimum Gasteiger partial charge on any atom is -0.335 e. The molecular weight excluding hydrogens is 282 g/mol. The lowest BCUT2D eigenvalue weighted by molar-refractivity contribution is 0.0645. The summed E-state index contributed by atoms with van der Waals surface area (Å²) in [6, 6.07) is 8.24. The van der Waals surface area contributed by atoms with E-state index in [4.69, 9.17) is 5.73 Å². The van der Waals surface area contributed by atoms with Gasteiger partial charge in [-0.15, -0.1) is 11.3 Å². The molecule has 5 heteroatoms. The average Bonchev–Trinajstić information content (AvgIpc) is 2.85. The zero-order valence-corrected chi connectivity index (χ0v) is 13.2. The maximum absolute atomic E-state index is 12.7. The van der Waals surface area contributed by atoms with Crippen LogP contribution in [-0.2, 0) is 0 Å². The van der Waals surface area contributed by atoms with Crippen LogP contribution in [0.1, 0.15) is 15.2 Å². The molecule has 0 atom stereocenters. The molecule has 0 aliphatic carbocycles. The number of aryl methyl sites for hydroxylation is 1. The number of nitrogens with zero attached hydrogens (tertiary/aromatic N) is 2. The number of amides is 1. The first-order chi connectivity index (χ1) is 10.2. The Bertz CT molecular complexity index is 644. The summed E-state index contributed by atoms with van der Waals surface area (Å²) in [4.78, 5) is 17.9. The number of benzene rings is 1. The number of rotatable bonds is 3. The van der Waals surface area contributed by atoms with E-state index < -0.39 is 0 Å². The van der Waals surface area contributed by atoms with Gasteiger partial charge in [0.1, 0.15) is 0 Å². The van der Waals surface area contributed by atoms with E-state index in [-0.39, 0.29) is 5.91 Å². The normalized spacial score (nSPS) is 16.6. The van der Waals surface area contributed by atoms with Crippen LogP contribution >= 0.6 is 11.3 Å². The van der Waals surface area contributed by atoms with Gasteiger partial charge in [-0.1, -0.05) is 18.2 Å². The number of carbonyl (C=O) groups excluding carboxylic acids is 1. The summed E-state index contributed by atoms with van der Waals surface area (Å²) >= 11 is 1.61. The zero-order valence-electron chi connectivity index (χ0n) is 12.3. The Morgan fingerprint density at radius 2 is 1.95 bits per heavy atom. The van der Waals surface area contributed by atoms with Gasteiger partial charge >= 0.3 is 0 Å². The molecule has 1 saturated heterocycles. The van der Waals surface area contributed by atoms with Crippen LogP contribution < -0.4 is 5.73 Å². The molecule has 1 amide bonds. The highest BCUT2D eigenvalue weighted by molar-refractivity contribution is 7.21. The van der Waals surface area contributed by atoms with E-state index in [1.807, 2.05) is 17.0 Å². The van der Waals surface area contributed by atoms with Crippen LogP contribution in [0.3, 0.4) is 0 Å². The van der Waals surface area contributed by atoms with Crippen molar-refractivity contribution in [1.82, 2.24) is 9.80 Å². The van der Waals surface area contributed by atoms with Crippen LogP contribution in [0, 0.1) is 6.92 Å². The third-order valence-corrected chi connectivity index (χ3v) is 5.40. The quantitative estimate of drug-likeness (QED) is 0.942. The van der Waals surface area contributed by atoms with Crippen molar-refractivity contribution in [1.29, 1.82) is 0 Å². The first kappa shape index (κ1) is 14.5. The Hall–Kier alpha value is -1.43. The molecule has 1 aromatic heterocycles. The predicted molar refractivity (Wildman–Crippen MR) is 88.0 cm³/mol. The fraction of sp³-hybridized carbons (Fsp3) is 0.438. The summed E-state index contributed by atoms with van der Waals surface area (Å²) in [5, 5.41) is 1.20. The van der Waals surface area contributed by atoms with Gasteiger partial charge in [-0.3, -0.25) is 9.69 Å². The molecule has 1 aliphatic rings. The average molecular weight is 303 g/mol. The molecule has 3 rings (SSSR count). The van der Waals surface area contributed by atoms with Crippen molar-refractivity contribution in [3.8, 4) is 0 Å². The molecule has 4 nitrogen and oxygen atoms in total. The predicted octanol–water partition coefficient (Wildman–Crippen LogP) is 1.93. The van der Waals surface area contributed by atoms with Crippen molar-refractivity contribution in [2.75, 3.05) is 39.3 Å². The summed E-state index contributed by atoms with van der Waals surface area (Å²) in [6.45, 7) is 7.10. The summed E-state index contributed by atoms with van der Waals surface area (Å²) in [7, 11) is 0. The van der Waals surface area contributed by atoms with E-state index in [2.05, 4.69) is 24.0 Å². The second kappa shape index (κ2) is 6.13. The van der Waals surface area contributed by atoms with E-state index in [1.165, 1.54) is 10.1 Å². The van der Waals surface area contributed by atoms with E-state index in [9.17, 15) is 4.79 Å². The molecule has 1 aromatic carbocycles. The van der Waals surface area contributed by atoms with Gasteiger partial charge in [0.15, 0.2) is 0 Å². The molecule has 0 saturated carbocycles. The van der Waals surface area contributed by atoms with Crippen LogP contribution in [0.15, 0.2) is 24.3 Å². The Kier molecular flexibility index (Phi) is 4.24. The van der Waals surface area contributed by atoms with E-state index in [0.29, 0.717) is 6.54 Å². The lowest BCUT2D eigenvalue weighted by Gasteiger charge is -2.34. The van der Waals surface area contributed by atoms with Gasteiger partial charge in [0.25, 0.3) is 5.91 Å². The van der Waals surface area contributed by atoms with Gasteiger partial charge in [-0.2, -0.15) is 0 Å². The molecule has 2 aromatic rings. The first-order valence-corrected chi connectivity index (χ1v) is 8.22. The van der Waals surface area contributed by atoms with Crippen molar-refractivity contribution in [2.24, 2.45) is 5.73 Å². The van der Waals surface area contributed by atoms with Crippen molar-refractivity contribution in [3.05, 3.63) is 34.7 Å². The van der Waals surface area contributed by atoms with Gasteiger partial charge < -0.3 is 10.6 Å². The standard InChI is InChI=1S/C16H21N3OS/c1-12-13-4-2-3-5-14(13)21-15(12)16(20)19-10-8-18(7-6-17)9-11-19/h2-5H,6-11,17H2,1H3. The molecule has 0 radical (unpaired) electrons. The number of thiophene rings is 1. The van der Waals surface area contributed by atoms with Gasteiger partial charge in [-0.05, 0) is 23.9 Å². The second-order valence-electron chi connectivity index (χ2n) is 5.47. The largest absolute Gasteiger partial charge is 0.335 e. The molecule has 0 bridgehead atoms. The third-order valence-electron chi connectivity index (χ3n) is 4.14. The minimum absolute atomic E-state index is 0.182. The fourth-order valence-corrected chi connectivity index (χ4v) is 4.06. The van der Waals surface area contributed by atoms with Crippen molar-refractivity contribution in [3.63, 3.8) is 0 Å². The highest BCUT2D eigenvalue weighted by atomic mass is 32.1. The lowest BCUT2D eigenvalue weighted by atomic mass is 10.1. The monoisotopic (exact) mass is 303 g/mol. The molecule has 1 fully saturated rings. The van der Waals surface area contributed by atoms with Crippen LogP contribution in [0.5, 0.6) is 0 Å². The summed E-state index contributed by atoms with van der Waals surface area (Å²) in [5.41, 5.74) is 6.70. The SMILES string of the molecule is Cc1c(C(=O)N2CCN(CCN)CC2)sc2ccccc12. The molecule has 1 aliphatic heterocycles. The Morgan fingerprint density at radius 3 is 2.62 bits per heavy atom. The van der Waals surface area contributed by atoms with E-state index >= 15 is 0 Å². The molecule has 21 heavy (non-hydrogen) atoms. The molecular formula is C16H21N3OS. The number of hydrogen-bond donors (Lipinski definition) is 1. The smallest absolute Gasteiger partial charge is 0.264 e. The van der Waals surface area contributed by atoms with Crippen LogP contribution in [0.25, 0.3) is 10.1 Å². The third kappa shape index (κ3) is 2.81. The lowest BCUT2D eigenvalue weighted by Crippen LogP contribution is -2.49. The maximum atomic E-state index is 12.7. The summed E-state index contributed by atoms with van der Waals surface area (Å²) in [5.74, 6) is 0.182. The Labute approximate surface area is 129 Å². The molecule has 0 spiro atoms. The number of nitrogens with two attached hydrogens (primary N) is 1. The van der Waals surface area contributed by atoms with Crippen LogP contribution in [0.2, 0.25) is 0 Å². The van der Waals surface area contributed by atoms with Gasteiger partial charge in [0, 0.05) is 44.0 Å². The molecule has 2 heterocycles. The fourth-order valence-electron chi connectivity index (χ4n) is 2.88. The maximum Gasteiger partial charge on any atom is 0.264 e. The van der Waals surface area contributed by atoms with Crippen molar-refractivity contribution in [2.45, 2.75) is 6.92 Å². The molecule has 112 valence electrons.